The van der Waals surface area contributed by atoms with Crippen molar-refractivity contribution < 1.29 is 13.9 Å². The van der Waals surface area contributed by atoms with Crippen LogP contribution in [0.15, 0.2) is 56.8 Å². The highest BCUT2D eigenvalue weighted by Gasteiger charge is 2.22. The lowest BCUT2D eigenvalue weighted by atomic mass is 10.0. The van der Waals surface area contributed by atoms with Crippen LogP contribution in [0, 0.1) is 0 Å². The molecule has 1 unspecified atom stereocenters. The van der Waals surface area contributed by atoms with Gasteiger partial charge in [-0.2, -0.15) is 0 Å². The summed E-state index contributed by atoms with van der Waals surface area (Å²) in [4.78, 5) is 29.6. The molecule has 1 aliphatic carbocycles. The first-order valence-corrected chi connectivity index (χ1v) is 12.3. The maximum Gasteiger partial charge on any atom is 0.336 e. The summed E-state index contributed by atoms with van der Waals surface area (Å²) in [5, 5.41) is 1.21. The van der Waals surface area contributed by atoms with Gasteiger partial charge in [-0.05, 0) is 68.0 Å². The summed E-state index contributed by atoms with van der Waals surface area (Å²) in [5.41, 5.74) is 5.32. The van der Waals surface area contributed by atoms with Crippen LogP contribution in [-0.4, -0.2) is 20.8 Å². The van der Waals surface area contributed by atoms with E-state index in [1.165, 1.54) is 29.0 Å². The molecule has 5 rings (SSSR count). The predicted molar refractivity (Wildman–Crippen MR) is 130 cm³/mol. The molecule has 0 radical (unpaired) electrons. The summed E-state index contributed by atoms with van der Waals surface area (Å²) >= 11 is 1.40. The van der Waals surface area contributed by atoms with Gasteiger partial charge in [0.15, 0.2) is 5.16 Å². The van der Waals surface area contributed by atoms with E-state index in [1.807, 2.05) is 37.3 Å². The molecule has 33 heavy (non-hydrogen) atoms. The molecule has 4 aromatic rings. The van der Waals surface area contributed by atoms with Crippen molar-refractivity contribution in [1.82, 2.24) is 9.55 Å². The molecular weight excluding hydrogens is 436 g/mol. The lowest BCUT2D eigenvalue weighted by Gasteiger charge is -2.13. The Balaban J connectivity index is 1.34. The molecule has 0 fully saturated rings. The maximum atomic E-state index is 12.8. The molecule has 0 amide bonds. The van der Waals surface area contributed by atoms with Crippen LogP contribution in [0.5, 0.6) is 0 Å². The van der Waals surface area contributed by atoms with E-state index in [-0.39, 0.29) is 12.6 Å². The van der Waals surface area contributed by atoms with Crippen molar-refractivity contribution >= 4 is 39.7 Å². The number of hydrogen-bond donors (Lipinski definition) is 0. The lowest BCUT2D eigenvalue weighted by Crippen LogP contribution is -2.18. The van der Waals surface area contributed by atoms with E-state index < -0.39 is 10.9 Å². The molecule has 0 N–H and O–H groups in total. The maximum absolute atomic E-state index is 12.8. The fourth-order valence-corrected chi connectivity index (χ4v) is 5.42. The zero-order valence-corrected chi connectivity index (χ0v) is 19.6. The number of carbonyl (C=O) groups is 1. The van der Waals surface area contributed by atoms with Crippen LogP contribution in [0.25, 0.3) is 22.0 Å². The minimum Gasteiger partial charge on any atom is -0.460 e. The van der Waals surface area contributed by atoms with E-state index in [0.717, 1.165) is 53.8 Å². The van der Waals surface area contributed by atoms with Gasteiger partial charge in [-0.15, -0.1) is 0 Å². The molecule has 0 saturated heterocycles. The number of hydrogen-bond acceptors (Lipinski definition) is 6. The molecular formula is C26H26N2O4S. The van der Waals surface area contributed by atoms with Crippen LogP contribution in [0.3, 0.4) is 0 Å². The number of imidazole rings is 1. The second-order valence-electron chi connectivity index (χ2n) is 8.46. The number of ether oxygens (including phenoxy) is 1. The summed E-state index contributed by atoms with van der Waals surface area (Å²) in [6.45, 7) is 4.82. The number of nitrogens with zero attached hydrogens (tertiary/aromatic N) is 2. The van der Waals surface area contributed by atoms with Gasteiger partial charge in [0, 0.05) is 23.6 Å². The van der Waals surface area contributed by atoms with E-state index in [4.69, 9.17) is 14.1 Å². The fraction of sp³-hybridized carbons (Fsp3) is 0.346. The molecule has 1 atom stereocenters. The van der Waals surface area contributed by atoms with Crippen molar-refractivity contribution in [3.63, 3.8) is 0 Å². The molecule has 0 saturated carbocycles. The van der Waals surface area contributed by atoms with Gasteiger partial charge in [0.2, 0.25) is 0 Å². The Morgan fingerprint density at radius 2 is 2.00 bits per heavy atom. The standard InChI is InChI=1S/C26H26N2O4S/c1-3-11-28-22-10-5-4-9-21(22)27-26(28)33-16(2)25(30)31-15-19-14-24(29)32-23-13-18-8-6-7-17(18)12-20(19)23/h4-5,9-10,12-14,16H,3,6-8,11,15H2,1-2H3. The molecule has 0 bridgehead atoms. The van der Waals surface area contributed by atoms with E-state index in [0.29, 0.717) is 11.1 Å². The molecule has 7 heteroatoms. The Labute approximate surface area is 195 Å². The summed E-state index contributed by atoms with van der Waals surface area (Å²) in [7, 11) is 0. The Bertz CT molecular complexity index is 1400. The molecule has 2 aromatic carbocycles. The van der Waals surface area contributed by atoms with Gasteiger partial charge < -0.3 is 13.7 Å². The number of para-hydroxylation sites is 2. The predicted octanol–water partition coefficient (Wildman–Crippen LogP) is 5.27. The van der Waals surface area contributed by atoms with E-state index in [9.17, 15) is 9.59 Å². The third kappa shape index (κ3) is 4.29. The summed E-state index contributed by atoms with van der Waals surface area (Å²) in [6.07, 6.45) is 4.11. The number of esters is 1. The van der Waals surface area contributed by atoms with Gasteiger partial charge in [-0.1, -0.05) is 30.8 Å². The second kappa shape index (κ2) is 9.06. The Hall–Kier alpha value is -3.06. The van der Waals surface area contributed by atoms with E-state index in [1.54, 1.807) is 0 Å². The highest BCUT2D eigenvalue weighted by atomic mass is 32.2. The largest absolute Gasteiger partial charge is 0.460 e. The Morgan fingerprint density at radius 3 is 2.82 bits per heavy atom. The molecule has 2 aromatic heterocycles. The highest BCUT2D eigenvalue weighted by molar-refractivity contribution is 8.00. The third-order valence-corrected chi connectivity index (χ3v) is 7.16. The third-order valence-electron chi connectivity index (χ3n) is 6.09. The van der Waals surface area contributed by atoms with Gasteiger partial charge in [0.1, 0.15) is 17.4 Å². The number of rotatable bonds is 7. The summed E-state index contributed by atoms with van der Waals surface area (Å²) < 4.78 is 13.2. The quantitative estimate of drug-likeness (QED) is 0.212. The molecule has 170 valence electrons. The van der Waals surface area contributed by atoms with Gasteiger partial charge in [0.05, 0.1) is 11.0 Å². The number of carbonyl (C=O) groups excluding carboxylic acids is 1. The monoisotopic (exact) mass is 462 g/mol. The first kappa shape index (κ1) is 21.8. The Morgan fingerprint density at radius 1 is 1.21 bits per heavy atom. The van der Waals surface area contributed by atoms with E-state index >= 15 is 0 Å². The first-order chi connectivity index (χ1) is 16.0. The Kier molecular flexibility index (Phi) is 5.98. The molecule has 0 spiro atoms. The minimum absolute atomic E-state index is 0.0377. The van der Waals surface area contributed by atoms with Crippen LogP contribution in [0.2, 0.25) is 0 Å². The van der Waals surface area contributed by atoms with Crippen LogP contribution in [-0.2, 0) is 35.5 Å². The van der Waals surface area contributed by atoms with Crippen LogP contribution >= 0.6 is 11.8 Å². The van der Waals surface area contributed by atoms with Crippen LogP contribution in [0.4, 0.5) is 0 Å². The highest BCUT2D eigenvalue weighted by Crippen LogP contribution is 2.30. The number of thioether (sulfide) groups is 1. The van der Waals surface area contributed by atoms with Gasteiger partial charge in [0.25, 0.3) is 0 Å². The second-order valence-corrected chi connectivity index (χ2v) is 9.77. The van der Waals surface area contributed by atoms with Crippen molar-refractivity contribution in [3.8, 4) is 0 Å². The summed E-state index contributed by atoms with van der Waals surface area (Å²) in [5.74, 6) is -0.336. The van der Waals surface area contributed by atoms with Gasteiger partial charge in [-0.3, -0.25) is 4.79 Å². The SMILES string of the molecule is CCCn1c(SC(C)C(=O)OCc2cc(=O)oc3cc4c(cc23)CCC4)nc2ccccc21. The lowest BCUT2D eigenvalue weighted by molar-refractivity contribution is -0.143. The van der Waals surface area contributed by atoms with Crippen molar-refractivity contribution in [2.45, 2.75) is 63.1 Å². The smallest absolute Gasteiger partial charge is 0.336 e. The first-order valence-electron chi connectivity index (χ1n) is 11.4. The van der Waals surface area contributed by atoms with E-state index in [2.05, 4.69) is 17.6 Å². The van der Waals surface area contributed by atoms with Gasteiger partial charge in [-0.25, -0.2) is 9.78 Å². The number of benzene rings is 2. The zero-order chi connectivity index (χ0) is 22.9. The fourth-order valence-electron chi connectivity index (χ4n) is 4.47. The van der Waals surface area contributed by atoms with Crippen molar-refractivity contribution in [2.75, 3.05) is 0 Å². The zero-order valence-electron chi connectivity index (χ0n) is 18.8. The topological polar surface area (TPSA) is 74.3 Å². The van der Waals surface area contributed by atoms with Crippen LogP contribution < -0.4 is 5.63 Å². The molecule has 0 aliphatic heterocycles. The number of aryl methyl sites for hydroxylation is 3. The van der Waals surface area contributed by atoms with Gasteiger partial charge >= 0.3 is 11.6 Å². The van der Waals surface area contributed by atoms with Crippen LogP contribution in [0.1, 0.15) is 43.4 Å². The number of fused-ring (bicyclic) bond motifs is 3. The van der Waals surface area contributed by atoms with Crippen molar-refractivity contribution in [2.24, 2.45) is 0 Å². The summed E-state index contributed by atoms with van der Waals surface area (Å²) in [6, 6.07) is 13.5. The average Bonchev–Trinajstić information content (AvgIpc) is 3.40. The number of aromatic nitrogens is 2. The normalized spacial score (nSPS) is 14.0. The molecule has 6 nitrogen and oxygen atoms in total. The molecule has 1 aliphatic rings. The van der Waals surface area contributed by atoms with Crippen molar-refractivity contribution in [3.05, 3.63) is 69.6 Å². The van der Waals surface area contributed by atoms with Crippen molar-refractivity contribution in [1.29, 1.82) is 0 Å². The average molecular weight is 463 g/mol. The minimum atomic E-state index is -0.437. The molecule has 2 heterocycles.